The molecule has 2 heteroatoms. The Bertz CT molecular complexity index is 308. The van der Waals surface area contributed by atoms with Gasteiger partial charge in [-0.1, -0.05) is 168 Å². The Morgan fingerprint density at radius 2 is 0.618 bits per heavy atom. The van der Waals surface area contributed by atoms with Gasteiger partial charge in [0.1, 0.15) is 0 Å². The summed E-state index contributed by atoms with van der Waals surface area (Å²) in [7, 11) is 0. The van der Waals surface area contributed by atoms with Gasteiger partial charge in [0.25, 0.3) is 0 Å². The zero-order valence-corrected chi connectivity index (χ0v) is 24.3. The van der Waals surface area contributed by atoms with Crippen LogP contribution in [0.15, 0.2) is 0 Å². The average Bonchev–Trinajstić information content (AvgIpc) is 2.86. The highest BCUT2D eigenvalue weighted by molar-refractivity contribution is 4.59. The molecule has 0 aromatic heterocycles. The Morgan fingerprint density at radius 3 is 0.882 bits per heavy atom. The van der Waals surface area contributed by atoms with Crippen LogP contribution in [0, 0.1) is 5.92 Å². The molecule has 0 radical (unpaired) electrons. The minimum Gasteiger partial charge on any atom is -0.396 e. The lowest BCUT2D eigenvalue weighted by molar-refractivity contribution is 0.204. The first-order chi connectivity index (χ1) is 16.8. The molecule has 2 nitrogen and oxygen atoms in total. The van der Waals surface area contributed by atoms with Crippen LogP contribution in [0.25, 0.3) is 0 Å². The third kappa shape index (κ3) is 34.1. The minimum absolute atomic E-state index is 0.372. The van der Waals surface area contributed by atoms with Crippen molar-refractivity contribution in [3.8, 4) is 0 Å². The van der Waals surface area contributed by atoms with Crippen molar-refractivity contribution >= 4 is 0 Å². The van der Waals surface area contributed by atoms with E-state index in [1.54, 1.807) is 0 Å². The molecule has 0 aliphatic carbocycles. The van der Waals surface area contributed by atoms with Gasteiger partial charge in [0.15, 0.2) is 0 Å². The SMILES string of the molecule is CCCCCCCCCCC(CO)CCCCCCCC.CCCCCCCCCCCCO. The normalized spacial score (nSPS) is 11.9. The fraction of sp³-hybridized carbons (Fsp3) is 1.00. The Kier molecular flexibility index (Phi) is 37.2. The quantitative estimate of drug-likeness (QED) is 0.114. The largest absolute Gasteiger partial charge is 0.396 e. The molecule has 0 bridgehead atoms. The molecule has 0 aliphatic rings. The maximum absolute atomic E-state index is 9.47. The molecule has 0 heterocycles. The molecule has 0 rings (SSSR count). The molecule has 208 valence electrons. The van der Waals surface area contributed by atoms with Crippen molar-refractivity contribution in [2.45, 2.75) is 188 Å². The zero-order chi connectivity index (χ0) is 25.4. The van der Waals surface area contributed by atoms with Crippen molar-refractivity contribution in [3.63, 3.8) is 0 Å². The van der Waals surface area contributed by atoms with E-state index in [-0.39, 0.29) is 0 Å². The molecule has 0 fully saturated rings. The molecule has 0 aromatic carbocycles. The molecule has 1 atom stereocenters. The van der Waals surface area contributed by atoms with Crippen molar-refractivity contribution in [2.75, 3.05) is 13.2 Å². The predicted octanol–water partition coefficient (Wildman–Crippen LogP) is 10.8. The monoisotopic (exact) mass is 485 g/mol. The van der Waals surface area contributed by atoms with Gasteiger partial charge in [-0.2, -0.15) is 0 Å². The van der Waals surface area contributed by atoms with Crippen LogP contribution in [0.1, 0.15) is 188 Å². The lowest BCUT2D eigenvalue weighted by atomic mass is 9.95. The van der Waals surface area contributed by atoms with Gasteiger partial charge in [0.05, 0.1) is 0 Å². The third-order valence-electron chi connectivity index (χ3n) is 7.20. The highest BCUT2D eigenvalue weighted by Crippen LogP contribution is 2.19. The summed E-state index contributed by atoms with van der Waals surface area (Å²) in [5.41, 5.74) is 0. The molecule has 0 amide bonds. The number of aliphatic hydroxyl groups is 2. The van der Waals surface area contributed by atoms with Crippen LogP contribution in [0.5, 0.6) is 0 Å². The number of hydrogen-bond acceptors (Lipinski definition) is 2. The summed E-state index contributed by atoms with van der Waals surface area (Å²) in [6, 6.07) is 0. The standard InChI is InChI=1S/C20H42O.C12H26O/c1-3-5-7-9-11-12-14-16-18-20(19-21)17-15-13-10-8-6-4-2;1-2-3-4-5-6-7-8-9-10-11-12-13/h20-21H,3-19H2,1-2H3;13H,2-12H2,1H3. The maximum atomic E-state index is 9.47. The Labute approximate surface area is 217 Å². The van der Waals surface area contributed by atoms with Gasteiger partial charge >= 0.3 is 0 Å². The molecule has 0 saturated carbocycles. The first-order valence-corrected chi connectivity index (χ1v) is 16.0. The second-order valence-electron chi connectivity index (χ2n) is 10.8. The highest BCUT2D eigenvalue weighted by Gasteiger charge is 2.06. The number of rotatable bonds is 27. The van der Waals surface area contributed by atoms with Gasteiger partial charge < -0.3 is 10.2 Å². The summed E-state index contributed by atoms with van der Waals surface area (Å²) in [6.45, 7) is 7.58. The lowest BCUT2D eigenvalue weighted by Gasteiger charge is -2.13. The molecule has 34 heavy (non-hydrogen) atoms. The Balaban J connectivity index is 0. The zero-order valence-electron chi connectivity index (χ0n) is 24.3. The van der Waals surface area contributed by atoms with Crippen LogP contribution >= 0.6 is 0 Å². The molecule has 0 aliphatic heterocycles. The fourth-order valence-corrected chi connectivity index (χ4v) is 4.71. The van der Waals surface area contributed by atoms with E-state index >= 15 is 0 Å². The van der Waals surface area contributed by atoms with E-state index in [4.69, 9.17) is 5.11 Å². The summed E-state index contributed by atoms with van der Waals surface area (Å²) < 4.78 is 0. The van der Waals surface area contributed by atoms with E-state index in [0.29, 0.717) is 19.1 Å². The predicted molar refractivity (Wildman–Crippen MR) is 155 cm³/mol. The van der Waals surface area contributed by atoms with Crippen LogP contribution in [-0.2, 0) is 0 Å². The summed E-state index contributed by atoms with van der Waals surface area (Å²) in [4.78, 5) is 0. The smallest absolute Gasteiger partial charge is 0.0459 e. The van der Waals surface area contributed by atoms with E-state index in [1.807, 2.05) is 0 Å². The van der Waals surface area contributed by atoms with Gasteiger partial charge in [-0.25, -0.2) is 0 Å². The number of unbranched alkanes of at least 4 members (excludes halogenated alkanes) is 21. The van der Waals surface area contributed by atoms with Crippen molar-refractivity contribution < 1.29 is 10.2 Å². The minimum atomic E-state index is 0.372. The van der Waals surface area contributed by atoms with Crippen molar-refractivity contribution in [2.24, 2.45) is 5.92 Å². The van der Waals surface area contributed by atoms with E-state index in [2.05, 4.69) is 20.8 Å². The molecule has 0 spiro atoms. The third-order valence-corrected chi connectivity index (χ3v) is 7.20. The fourth-order valence-electron chi connectivity index (χ4n) is 4.71. The van der Waals surface area contributed by atoms with Crippen molar-refractivity contribution in [3.05, 3.63) is 0 Å². The van der Waals surface area contributed by atoms with Gasteiger partial charge in [-0.05, 0) is 25.2 Å². The first kappa shape index (κ1) is 36.1. The number of hydrogen-bond donors (Lipinski definition) is 2. The molecule has 0 aromatic rings. The number of aliphatic hydroxyl groups excluding tert-OH is 2. The van der Waals surface area contributed by atoms with Crippen LogP contribution in [0.3, 0.4) is 0 Å². The van der Waals surface area contributed by atoms with Crippen molar-refractivity contribution in [1.82, 2.24) is 0 Å². The molecule has 2 N–H and O–H groups in total. The van der Waals surface area contributed by atoms with Crippen LogP contribution in [-0.4, -0.2) is 23.4 Å². The van der Waals surface area contributed by atoms with Gasteiger partial charge in [0.2, 0.25) is 0 Å². The molecule has 0 saturated heterocycles. The molecule has 1 unspecified atom stereocenters. The average molecular weight is 485 g/mol. The van der Waals surface area contributed by atoms with E-state index in [0.717, 1.165) is 6.42 Å². The van der Waals surface area contributed by atoms with Crippen molar-refractivity contribution in [1.29, 1.82) is 0 Å². The van der Waals surface area contributed by atoms with E-state index in [1.165, 1.54) is 161 Å². The second-order valence-corrected chi connectivity index (χ2v) is 10.8. The summed E-state index contributed by atoms with van der Waals surface area (Å²) in [6.07, 6.45) is 35.1. The second kappa shape index (κ2) is 35.1. The van der Waals surface area contributed by atoms with E-state index in [9.17, 15) is 5.11 Å². The molecular weight excluding hydrogens is 416 g/mol. The Morgan fingerprint density at radius 1 is 0.353 bits per heavy atom. The van der Waals surface area contributed by atoms with Gasteiger partial charge in [-0.3, -0.25) is 0 Å². The van der Waals surface area contributed by atoms with Crippen LogP contribution in [0.4, 0.5) is 0 Å². The lowest BCUT2D eigenvalue weighted by Crippen LogP contribution is -2.06. The maximum Gasteiger partial charge on any atom is 0.0459 e. The van der Waals surface area contributed by atoms with Gasteiger partial charge in [0, 0.05) is 13.2 Å². The molecular formula is C32H68O2. The van der Waals surface area contributed by atoms with Gasteiger partial charge in [-0.15, -0.1) is 0 Å². The Hall–Kier alpha value is -0.0800. The summed E-state index contributed by atoms with van der Waals surface area (Å²) >= 11 is 0. The first-order valence-electron chi connectivity index (χ1n) is 16.0. The van der Waals surface area contributed by atoms with E-state index < -0.39 is 0 Å². The van der Waals surface area contributed by atoms with Crippen LogP contribution in [0.2, 0.25) is 0 Å². The summed E-state index contributed by atoms with van der Waals surface area (Å²) in [5, 5.41) is 18.0. The summed E-state index contributed by atoms with van der Waals surface area (Å²) in [5.74, 6) is 0.580. The topological polar surface area (TPSA) is 40.5 Å². The highest BCUT2D eigenvalue weighted by atomic mass is 16.3. The van der Waals surface area contributed by atoms with Crippen LogP contribution < -0.4 is 0 Å².